The third-order valence-corrected chi connectivity index (χ3v) is 7.42. The molecule has 1 atom stereocenters. The van der Waals surface area contributed by atoms with E-state index >= 15 is 0 Å². The van der Waals surface area contributed by atoms with Crippen molar-refractivity contribution in [2.75, 3.05) is 5.32 Å². The summed E-state index contributed by atoms with van der Waals surface area (Å²) in [5.74, 6) is 1.30. The molecule has 4 aromatic rings. The van der Waals surface area contributed by atoms with Gasteiger partial charge in [-0.1, -0.05) is 18.2 Å². The predicted molar refractivity (Wildman–Crippen MR) is 136 cm³/mol. The summed E-state index contributed by atoms with van der Waals surface area (Å²) in [4.78, 5) is 10.1. The lowest BCUT2D eigenvalue weighted by atomic mass is 9.91. The summed E-state index contributed by atoms with van der Waals surface area (Å²) in [6.07, 6.45) is 4.26. The fourth-order valence-corrected chi connectivity index (χ4v) is 5.48. The third-order valence-electron chi connectivity index (χ3n) is 7.42. The molecule has 2 aliphatic rings. The Kier molecular flexibility index (Phi) is 4.74. The molecule has 0 radical (unpaired) electrons. The van der Waals surface area contributed by atoms with Crippen LogP contribution in [0.4, 0.5) is 11.4 Å². The fourth-order valence-electron chi connectivity index (χ4n) is 5.48. The standard InChI is InChI=1S/C29H29N5/c1-16-13-18(3)31-29-26(16)33-28(21-9-10-21)34(29)27-19(4)22-12-11-20-7-5-6-8-24(20)32-25(22)14-23(27)17(2)15-30/h5-8,13-14,17,21,32H,9-12H2,1-4H3. The SMILES string of the molecule is Cc1cc(C)c2nc(C3CC3)n(-c3c(C(C)C#N)cc4c(c3C)CCc3ccccc3N4)c2n1. The molecule has 2 aromatic carbocycles. The number of benzene rings is 2. The van der Waals surface area contributed by atoms with Gasteiger partial charge in [0.15, 0.2) is 5.65 Å². The molecular weight excluding hydrogens is 418 g/mol. The van der Waals surface area contributed by atoms with E-state index in [1.807, 2.05) is 13.8 Å². The molecule has 2 aromatic heterocycles. The summed E-state index contributed by atoms with van der Waals surface area (Å²) in [6, 6.07) is 15.4. The van der Waals surface area contributed by atoms with Crippen LogP contribution in [0.3, 0.4) is 0 Å². The van der Waals surface area contributed by atoms with Gasteiger partial charge in [0, 0.05) is 23.0 Å². The second-order valence-corrected chi connectivity index (χ2v) is 9.93. The van der Waals surface area contributed by atoms with Crippen molar-refractivity contribution < 1.29 is 0 Å². The van der Waals surface area contributed by atoms with Crippen LogP contribution in [0.25, 0.3) is 16.9 Å². The summed E-state index contributed by atoms with van der Waals surface area (Å²) in [6.45, 7) is 8.37. The number of para-hydroxylation sites is 1. The average molecular weight is 448 g/mol. The van der Waals surface area contributed by atoms with Gasteiger partial charge in [0.05, 0.1) is 17.7 Å². The molecule has 34 heavy (non-hydrogen) atoms. The van der Waals surface area contributed by atoms with Crippen molar-refractivity contribution in [2.24, 2.45) is 0 Å². The second-order valence-electron chi connectivity index (χ2n) is 9.93. The van der Waals surface area contributed by atoms with E-state index < -0.39 is 0 Å². The molecule has 0 saturated heterocycles. The molecule has 0 amide bonds. The van der Waals surface area contributed by atoms with Crippen LogP contribution in [-0.4, -0.2) is 14.5 Å². The van der Waals surface area contributed by atoms with E-state index in [0.717, 1.165) is 76.6 Å². The number of aryl methyl sites for hydroxylation is 3. The van der Waals surface area contributed by atoms with E-state index in [1.165, 1.54) is 16.7 Å². The molecule has 5 nitrogen and oxygen atoms in total. The van der Waals surface area contributed by atoms with Gasteiger partial charge in [-0.05, 0) is 99.4 Å². The average Bonchev–Trinajstić information content (AvgIpc) is 3.62. The number of aromatic nitrogens is 3. The van der Waals surface area contributed by atoms with Gasteiger partial charge in [-0.25, -0.2) is 9.97 Å². The van der Waals surface area contributed by atoms with Gasteiger partial charge in [0.1, 0.15) is 11.3 Å². The van der Waals surface area contributed by atoms with Gasteiger partial charge >= 0.3 is 0 Å². The Hall–Kier alpha value is -3.65. The number of pyridine rings is 1. The van der Waals surface area contributed by atoms with Crippen LogP contribution in [-0.2, 0) is 12.8 Å². The molecule has 6 rings (SSSR count). The zero-order valence-corrected chi connectivity index (χ0v) is 20.2. The van der Waals surface area contributed by atoms with Gasteiger partial charge in [-0.2, -0.15) is 5.26 Å². The smallest absolute Gasteiger partial charge is 0.165 e. The molecule has 1 fully saturated rings. The molecule has 1 aliphatic carbocycles. The fraction of sp³-hybridized carbons (Fsp3) is 0.345. The highest BCUT2D eigenvalue weighted by Crippen LogP contribution is 2.45. The number of anilines is 2. The van der Waals surface area contributed by atoms with Gasteiger partial charge < -0.3 is 5.32 Å². The highest BCUT2D eigenvalue weighted by molar-refractivity contribution is 5.81. The Morgan fingerprint density at radius 1 is 1.06 bits per heavy atom. The summed E-state index contributed by atoms with van der Waals surface area (Å²) in [5.41, 5.74) is 12.3. The van der Waals surface area contributed by atoms with Crippen molar-refractivity contribution in [3.05, 3.63) is 75.7 Å². The maximum atomic E-state index is 10.00. The van der Waals surface area contributed by atoms with Crippen molar-refractivity contribution in [1.29, 1.82) is 5.26 Å². The molecule has 1 unspecified atom stereocenters. The quantitative estimate of drug-likeness (QED) is 0.380. The van der Waals surface area contributed by atoms with Gasteiger partial charge in [-0.3, -0.25) is 4.57 Å². The van der Waals surface area contributed by atoms with Crippen molar-refractivity contribution in [2.45, 2.75) is 65.2 Å². The van der Waals surface area contributed by atoms with E-state index in [4.69, 9.17) is 9.97 Å². The van der Waals surface area contributed by atoms with Crippen molar-refractivity contribution in [3.8, 4) is 11.8 Å². The summed E-state index contributed by atoms with van der Waals surface area (Å²) in [7, 11) is 0. The van der Waals surface area contributed by atoms with Crippen molar-refractivity contribution >= 4 is 22.5 Å². The van der Waals surface area contributed by atoms with Crippen LogP contribution in [0.5, 0.6) is 0 Å². The molecule has 5 heteroatoms. The molecule has 1 N–H and O–H groups in total. The Balaban J connectivity index is 1.67. The largest absolute Gasteiger partial charge is 0.355 e. The number of hydrogen-bond acceptors (Lipinski definition) is 4. The van der Waals surface area contributed by atoms with Crippen molar-refractivity contribution in [3.63, 3.8) is 0 Å². The van der Waals surface area contributed by atoms with Crippen LogP contribution in [0.15, 0.2) is 36.4 Å². The predicted octanol–water partition coefficient (Wildman–Crippen LogP) is 6.69. The number of hydrogen-bond donors (Lipinski definition) is 1. The Bertz CT molecular complexity index is 1500. The third kappa shape index (κ3) is 3.20. The molecular formula is C29H29N5. The highest BCUT2D eigenvalue weighted by atomic mass is 15.1. The lowest BCUT2D eigenvalue weighted by Crippen LogP contribution is -2.12. The molecule has 1 saturated carbocycles. The second kappa shape index (κ2) is 7.70. The first-order valence-corrected chi connectivity index (χ1v) is 12.2. The maximum absolute atomic E-state index is 10.00. The summed E-state index contributed by atoms with van der Waals surface area (Å²) in [5, 5.41) is 13.7. The van der Waals surface area contributed by atoms with Crippen LogP contribution in [0.2, 0.25) is 0 Å². The Morgan fingerprint density at radius 2 is 1.85 bits per heavy atom. The molecule has 3 heterocycles. The normalized spacial score (nSPS) is 15.7. The van der Waals surface area contributed by atoms with E-state index in [9.17, 15) is 5.26 Å². The number of imidazole rings is 1. The Morgan fingerprint density at radius 3 is 2.62 bits per heavy atom. The number of rotatable bonds is 3. The monoisotopic (exact) mass is 447 g/mol. The van der Waals surface area contributed by atoms with E-state index in [2.05, 4.69) is 66.2 Å². The molecule has 170 valence electrons. The van der Waals surface area contributed by atoms with E-state index in [-0.39, 0.29) is 5.92 Å². The van der Waals surface area contributed by atoms with Crippen LogP contribution < -0.4 is 5.32 Å². The van der Waals surface area contributed by atoms with Gasteiger partial charge in [0.25, 0.3) is 0 Å². The first kappa shape index (κ1) is 20.9. The molecule has 0 bridgehead atoms. The van der Waals surface area contributed by atoms with E-state index in [1.54, 1.807) is 0 Å². The van der Waals surface area contributed by atoms with Gasteiger partial charge in [0.2, 0.25) is 0 Å². The number of nitriles is 1. The van der Waals surface area contributed by atoms with Gasteiger partial charge in [-0.15, -0.1) is 0 Å². The number of nitrogens with one attached hydrogen (secondary N) is 1. The minimum absolute atomic E-state index is 0.255. The molecule has 1 aliphatic heterocycles. The van der Waals surface area contributed by atoms with E-state index in [0.29, 0.717) is 5.92 Å². The lowest BCUT2D eigenvalue weighted by Gasteiger charge is -2.23. The van der Waals surface area contributed by atoms with Crippen LogP contribution in [0, 0.1) is 32.1 Å². The zero-order chi connectivity index (χ0) is 23.6. The highest BCUT2D eigenvalue weighted by Gasteiger charge is 2.33. The number of nitrogens with zero attached hydrogens (tertiary/aromatic N) is 4. The minimum atomic E-state index is -0.255. The minimum Gasteiger partial charge on any atom is -0.355 e. The topological polar surface area (TPSA) is 66.5 Å². The first-order chi connectivity index (χ1) is 16.5. The summed E-state index contributed by atoms with van der Waals surface area (Å²) < 4.78 is 2.30. The van der Waals surface area contributed by atoms with Crippen LogP contribution in [0.1, 0.15) is 70.9 Å². The summed E-state index contributed by atoms with van der Waals surface area (Å²) >= 11 is 0. The lowest BCUT2D eigenvalue weighted by molar-refractivity contribution is 0.851. The number of fused-ring (bicyclic) bond motifs is 3. The van der Waals surface area contributed by atoms with Crippen molar-refractivity contribution in [1.82, 2.24) is 14.5 Å². The zero-order valence-electron chi connectivity index (χ0n) is 20.2. The van der Waals surface area contributed by atoms with Crippen LogP contribution >= 0.6 is 0 Å². The first-order valence-electron chi connectivity index (χ1n) is 12.2. The Labute approximate surface area is 200 Å². The molecule has 0 spiro atoms. The maximum Gasteiger partial charge on any atom is 0.165 e.